The topological polar surface area (TPSA) is 47.6 Å². The van der Waals surface area contributed by atoms with Crippen LogP contribution in [-0.4, -0.2) is 74.1 Å². The second kappa shape index (κ2) is 7.96. The van der Waals surface area contributed by atoms with E-state index in [1.165, 1.54) is 25.7 Å². The number of likely N-dealkylation sites (N-methyl/N-ethyl adjacent to an activating group) is 1. The molecule has 0 aromatic rings. The molecule has 1 heterocycles. The summed E-state index contributed by atoms with van der Waals surface area (Å²) in [6.07, 6.45) is 5.37. The average molecular weight is 282 g/mol. The lowest BCUT2D eigenvalue weighted by Gasteiger charge is -2.32. The molecule has 2 fully saturated rings. The van der Waals surface area contributed by atoms with Gasteiger partial charge in [-0.05, 0) is 26.8 Å². The van der Waals surface area contributed by atoms with Crippen LogP contribution in [0.5, 0.6) is 0 Å². The quantitative estimate of drug-likeness (QED) is 0.734. The van der Waals surface area contributed by atoms with Crippen molar-refractivity contribution in [3.8, 4) is 0 Å². The summed E-state index contributed by atoms with van der Waals surface area (Å²) >= 11 is 0. The molecule has 2 N–H and O–H groups in total. The fourth-order valence-electron chi connectivity index (χ4n) is 3.27. The Bertz CT molecular complexity index is 298. The largest absolute Gasteiger partial charge is 0.353 e. The summed E-state index contributed by atoms with van der Waals surface area (Å²) in [4.78, 5) is 16.8. The first-order valence-corrected chi connectivity index (χ1v) is 8.11. The highest BCUT2D eigenvalue weighted by Gasteiger charge is 2.23. The third kappa shape index (κ3) is 4.43. The fraction of sp³-hybridized carbons (Fsp3) is 0.933. The highest BCUT2D eigenvalue weighted by Crippen LogP contribution is 2.21. The maximum Gasteiger partial charge on any atom is 0.237 e. The SMILES string of the molecule is CC(C(=O)NCCN(C)C1CCCC1)N1CCNCC1. The minimum atomic E-state index is -0.00566. The van der Waals surface area contributed by atoms with Crippen LogP contribution in [0.2, 0.25) is 0 Å². The van der Waals surface area contributed by atoms with Crippen molar-refractivity contribution in [3.05, 3.63) is 0 Å². The van der Waals surface area contributed by atoms with Crippen LogP contribution in [0.25, 0.3) is 0 Å². The zero-order valence-corrected chi connectivity index (χ0v) is 13.0. The molecule has 0 aromatic carbocycles. The fourth-order valence-corrected chi connectivity index (χ4v) is 3.27. The molecule has 1 atom stereocenters. The van der Waals surface area contributed by atoms with Gasteiger partial charge in [-0.1, -0.05) is 12.8 Å². The summed E-state index contributed by atoms with van der Waals surface area (Å²) in [6.45, 7) is 7.66. The molecule has 1 saturated heterocycles. The van der Waals surface area contributed by atoms with Crippen LogP contribution in [0.4, 0.5) is 0 Å². The van der Waals surface area contributed by atoms with Gasteiger partial charge in [-0.2, -0.15) is 0 Å². The molecule has 116 valence electrons. The van der Waals surface area contributed by atoms with Crippen LogP contribution in [0.15, 0.2) is 0 Å². The van der Waals surface area contributed by atoms with Gasteiger partial charge in [0.15, 0.2) is 0 Å². The van der Waals surface area contributed by atoms with Crippen LogP contribution in [0.1, 0.15) is 32.6 Å². The summed E-state index contributed by atoms with van der Waals surface area (Å²) in [7, 11) is 2.18. The van der Waals surface area contributed by atoms with Gasteiger partial charge in [-0.3, -0.25) is 9.69 Å². The first-order chi connectivity index (χ1) is 9.68. The smallest absolute Gasteiger partial charge is 0.237 e. The molecule has 2 rings (SSSR count). The number of hydrogen-bond acceptors (Lipinski definition) is 4. The Morgan fingerprint density at radius 3 is 2.65 bits per heavy atom. The zero-order valence-electron chi connectivity index (χ0n) is 13.0. The van der Waals surface area contributed by atoms with Gasteiger partial charge < -0.3 is 15.5 Å². The van der Waals surface area contributed by atoms with Gasteiger partial charge in [0.05, 0.1) is 6.04 Å². The van der Waals surface area contributed by atoms with E-state index >= 15 is 0 Å². The number of carbonyl (C=O) groups is 1. The number of rotatable bonds is 6. The Kier molecular flexibility index (Phi) is 6.26. The van der Waals surface area contributed by atoms with Gasteiger partial charge in [0.1, 0.15) is 0 Å². The first-order valence-electron chi connectivity index (χ1n) is 8.11. The second-order valence-electron chi connectivity index (χ2n) is 6.17. The summed E-state index contributed by atoms with van der Waals surface area (Å²) in [5.41, 5.74) is 0. The molecule has 1 aliphatic heterocycles. The molecule has 1 amide bonds. The van der Waals surface area contributed by atoms with E-state index in [1.807, 2.05) is 6.92 Å². The van der Waals surface area contributed by atoms with E-state index in [0.717, 1.165) is 45.3 Å². The van der Waals surface area contributed by atoms with Crippen molar-refractivity contribution in [3.63, 3.8) is 0 Å². The van der Waals surface area contributed by atoms with E-state index < -0.39 is 0 Å². The molecule has 5 heteroatoms. The van der Waals surface area contributed by atoms with Crippen LogP contribution in [0.3, 0.4) is 0 Å². The predicted octanol–water partition coefficient (Wildman–Crippen LogP) is 0.271. The molecule has 1 saturated carbocycles. The minimum Gasteiger partial charge on any atom is -0.353 e. The van der Waals surface area contributed by atoms with Gasteiger partial charge in [-0.25, -0.2) is 0 Å². The van der Waals surface area contributed by atoms with Crippen molar-refractivity contribution in [2.45, 2.75) is 44.7 Å². The van der Waals surface area contributed by atoms with Crippen molar-refractivity contribution in [1.82, 2.24) is 20.4 Å². The highest BCUT2D eigenvalue weighted by atomic mass is 16.2. The first kappa shape index (κ1) is 15.7. The predicted molar refractivity (Wildman–Crippen MR) is 81.8 cm³/mol. The summed E-state index contributed by atoms with van der Waals surface area (Å²) in [5.74, 6) is 0.173. The van der Waals surface area contributed by atoms with Crippen molar-refractivity contribution in [2.75, 3.05) is 46.3 Å². The zero-order chi connectivity index (χ0) is 14.4. The van der Waals surface area contributed by atoms with Gasteiger partial charge in [-0.15, -0.1) is 0 Å². The highest BCUT2D eigenvalue weighted by molar-refractivity contribution is 5.81. The van der Waals surface area contributed by atoms with Crippen molar-refractivity contribution in [1.29, 1.82) is 0 Å². The van der Waals surface area contributed by atoms with Crippen molar-refractivity contribution < 1.29 is 4.79 Å². The van der Waals surface area contributed by atoms with E-state index in [0.29, 0.717) is 0 Å². The Labute approximate surface area is 123 Å². The molecule has 2 aliphatic rings. The number of nitrogens with one attached hydrogen (secondary N) is 2. The lowest BCUT2D eigenvalue weighted by atomic mass is 10.2. The number of piperazine rings is 1. The lowest BCUT2D eigenvalue weighted by Crippen LogP contribution is -2.53. The van der Waals surface area contributed by atoms with Crippen LogP contribution in [-0.2, 0) is 4.79 Å². The van der Waals surface area contributed by atoms with Gasteiger partial charge in [0, 0.05) is 45.3 Å². The van der Waals surface area contributed by atoms with Crippen molar-refractivity contribution >= 4 is 5.91 Å². The standard InChI is InChI=1S/C15H30N4O/c1-13(19-11-7-16-8-12-19)15(20)17-9-10-18(2)14-5-3-4-6-14/h13-14,16H,3-12H2,1-2H3,(H,17,20). The summed E-state index contributed by atoms with van der Waals surface area (Å²) < 4.78 is 0. The van der Waals surface area contributed by atoms with Crippen LogP contribution in [0, 0.1) is 0 Å². The van der Waals surface area contributed by atoms with E-state index in [1.54, 1.807) is 0 Å². The third-order valence-electron chi connectivity index (χ3n) is 4.79. The molecule has 20 heavy (non-hydrogen) atoms. The minimum absolute atomic E-state index is 0.00566. The van der Waals surface area contributed by atoms with Crippen molar-refractivity contribution in [2.24, 2.45) is 0 Å². The second-order valence-corrected chi connectivity index (χ2v) is 6.17. The number of nitrogens with zero attached hydrogens (tertiary/aromatic N) is 2. The molecule has 0 radical (unpaired) electrons. The van der Waals surface area contributed by atoms with Crippen LogP contribution >= 0.6 is 0 Å². The number of hydrogen-bond donors (Lipinski definition) is 2. The Balaban J connectivity index is 1.63. The van der Waals surface area contributed by atoms with E-state index in [4.69, 9.17) is 0 Å². The summed E-state index contributed by atoms with van der Waals surface area (Å²) in [5, 5.41) is 6.41. The monoisotopic (exact) mass is 282 g/mol. The summed E-state index contributed by atoms with van der Waals surface area (Å²) in [6, 6.07) is 0.728. The molecule has 0 aromatic heterocycles. The van der Waals surface area contributed by atoms with Gasteiger partial charge in [0.25, 0.3) is 0 Å². The van der Waals surface area contributed by atoms with Gasteiger partial charge >= 0.3 is 0 Å². The number of amides is 1. The Morgan fingerprint density at radius 2 is 2.00 bits per heavy atom. The molecule has 1 aliphatic carbocycles. The number of carbonyl (C=O) groups excluding carboxylic acids is 1. The molecule has 1 unspecified atom stereocenters. The third-order valence-corrected chi connectivity index (χ3v) is 4.79. The maximum atomic E-state index is 12.2. The molecule has 0 spiro atoms. The molecular formula is C15H30N4O. The molecule has 5 nitrogen and oxygen atoms in total. The average Bonchev–Trinajstić information content (AvgIpc) is 3.01. The maximum absolute atomic E-state index is 12.2. The molecular weight excluding hydrogens is 252 g/mol. The molecule has 0 bridgehead atoms. The normalized spacial score (nSPS) is 23.1. The Hall–Kier alpha value is -0.650. The Morgan fingerprint density at radius 1 is 1.35 bits per heavy atom. The van der Waals surface area contributed by atoms with Crippen LogP contribution < -0.4 is 10.6 Å². The van der Waals surface area contributed by atoms with E-state index in [2.05, 4.69) is 27.5 Å². The van der Waals surface area contributed by atoms with E-state index in [9.17, 15) is 4.79 Å². The van der Waals surface area contributed by atoms with Gasteiger partial charge in [0.2, 0.25) is 5.91 Å². The lowest BCUT2D eigenvalue weighted by molar-refractivity contribution is -0.126. The van der Waals surface area contributed by atoms with E-state index in [-0.39, 0.29) is 11.9 Å².